The summed E-state index contributed by atoms with van der Waals surface area (Å²) in [6.45, 7) is 8.25. The van der Waals surface area contributed by atoms with Gasteiger partial charge in [-0.3, -0.25) is 4.79 Å². The molecule has 6 rings (SSSR count). The monoisotopic (exact) mass is 731 g/mol. The normalized spacial score (nSPS) is 27.2. The number of nitrogens with one attached hydrogen (secondary N) is 1. The van der Waals surface area contributed by atoms with E-state index in [0.29, 0.717) is 68.0 Å². The number of anilines is 1. The van der Waals surface area contributed by atoms with Crippen LogP contribution in [-0.4, -0.2) is 89.1 Å². The quantitative estimate of drug-likeness (QED) is 0.414. The van der Waals surface area contributed by atoms with Gasteiger partial charge in [0.2, 0.25) is 0 Å². The zero-order chi connectivity index (χ0) is 35.5. The summed E-state index contributed by atoms with van der Waals surface area (Å²) in [6.07, 6.45) is 5.76. The molecule has 12 nitrogen and oxygen atoms in total. The summed E-state index contributed by atoms with van der Waals surface area (Å²) in [5, 5.41) is 0.550. The third-order valence-electron chi connectivity index (χ3n) is 9.86. The highest BCUT2D eigenvalue weighted by atomic mass is 35.5. The van der Waals surface area contributed by atoms with E-state index in [0.717, 1.165) is 24.8 Å². The Morgan fingerprint density at radius 2 is 1.90 bits per heavy atom. The molecule has 50 heavy (non-hydrogen) atoms. The Morgan fingerprint density at radius 3 is 2.68 bits per heavy atom. The van der Waals surface area contributed by atoms with Gasteiger partial charge in [-0.2, -0.15) is 0 Å². The fraction of sp³-hybridized carbons (Fsp3) is 0.556. The SMILES string of the molecule is CCO[C@@H]1CCN(C(=O)O[C@H]2/C=C/COC(C)(C)C(=O)NS(=O)(=O)c3ccc4c(c3)N(CCCOc3cc(Cl)ccc3CO4)C[C@@H]3CC[C@H]32)C1. The first-order valence-electron chi connectivity index (χ1n) is 17.3. The zero-order valence-corrected chi connectivity index (χ0v) is 30.3. The van der Waals surface area contributed by atoms with Crippen LogP contribution in [-0.2, 0) is 35.6 Å². The molecule has 2 fully saturated rings. The van der Waals surface area contributed by atoms with Gasteiger partial charge in [0.25, 0.3) is 15.9 Å². The molecule has 1 saturated carbocycles. The Balaban J connectivity index is 1.33. The first-order chi connectivity index (χ1) is 23.9. The van der Waals surface area contributed by atoms with E-state index in [1.807, 2.05) is 19.1 Å². The molecule has 2 aromatic rings. The Morgan fingerprint density at radius 1 is 1.06 bits per heavy atom. The van der Waals surface area contributed by atoms with Crippen molar-refractivity contribution in [1.82, 2.24) is 9.62 Å². The number of carbonyl (C=O) groups excluding carboxylic acids is 2. The molecule has 1 N–H and O–H groups in total. The van der Waals surface area contributed by atoms with Crippen molar-refractivity contribution in [3.8, 4) is 11.5 Å². The lowest BCUT2D eigenvalue weighted by atomic mass is 9.70. The number of sulfonamides is 1. The second-order valence-corrected chi connectivity index (χ2v) is 15.8. The number of carbonyl (C=O) groups is 2. The molecule has 3 aliphatic heterocycles. The van der Waals surface area contributed by atoms with Gasteiger partial charge in [0.05, 0.1) is 36.4 Å². The van der Waals surface area contributed by atoms with Crippen LogP contribution in [0.1, 0.15) is 52.0 Å². The fourth-order valence-electron chi connectivity index (χ4n) is 6.80. The average molecular weight is 732 g/mol. The smallest absolute Gasteiger partial charge is 0.410 e. The Bertz CT molecular complexity index is 1700. The summed E-state index contributed by atoms with van der Waals surface area (Å²) in [5.41, 5.74) is -0.0999. The van der Waals surface area contributed by atoms with Crippen LogP contribution in [0, 0.1) is 11.8 Å². The van der Waals surface area contributed by atoms with Crippen LogP contribution < -0.4 is 19.1 Å². The van der Waals surface area contributed by atoms with Gasteiger partial charge in [0.15, 0.2) is 0 Å². The predicted octanol–water partition coefficient (Wildman–Crippen LogP) is 5.32. The Hall–Kier alpha value is -3.52. The molecule has 4 atom stereocenters. The lowest BCUT2D eigenvalue weighted by molar-refractivity contribution is -0.139. The van der Waals surface area contributed by atoms with Crippen molar-refractivity contribution >= 4 is 39.3 Å². The van der Waals surface area contributed by atoms with Crippen LogP contribution >= 0.6 is 11.6 Å². The number of nitrogens with zero attached hydrogens (tertiary/aromatic N) is 2. The van der Waals surface area contributed by atoms with Gasteiger partial charge in [-0.25, -0.2) is 17.9 Å². The topological polar surface area (TPSA) is 133 Å². The molecule has 0 radical (unpaired) electrons. The van der Waals surface area contributed by atoms with Crippen LogP contribution in [0.25, 0.3) is 0 Å². The minimum absolute atomic E-state index is 0.00169. The van der Waals surface area contributed by atoms with Crippen molar-refractivity contribution in [1.29, 1.82) is 0 Å². The number of benzene rings is 2. The van der Waals surface area contributed by atoms with Gasteiger partial charge in [0.1, 0.15) is 29.8 Å². The summed E-state index contributed by atoms with van der Waals surface area (Å²) in [7, 11) is -4.27. The van der Waals surface area contributed by atoms with Crippen molar-refractivity contribution in [2.24, 2.45) is 11.8 Å². The highest BCUT2D eigenvalue weighted by molar-refractivity contribution is 7.90. The lowest BCUT2D eigenvalue weighted by Gasteiger charge is -2.43. The summed E-state index contributed by atoms with van der Waals surface area (Å²) in [6, 6.07) is 9.99. The summed E-state index contributed by atoms with van der Waals surface area (Å²) in [4.78, 5) is 30.4. The van der Waals surface area contributed by atoms with Crippen molar-refractivity contribution < 1.29 is 41.7 Å². The highest BCUT2D eigenvalue weighted by Gasteiger charge is 2.41. The standard InChI is InChI=1S/C36H46ClN3O9S/c1-4-45-27-14-16-40(22-27)35(42)49-31-7-5-18-48-36(2,3)34(41)38-50(43,44)28-11-13-32-30(20-28)39(21-24-9-12-29(24)31)15-6-17-46-33-19-26(37)10-8-25(33)23-47-32/h5,7-8,10-11,13,19-20,24,27,29,31H,4,6,9,12,14-18,21-23H2,1-3H3,(H,38,41)/b7-5+/t24-,27+,29+,31-/m0/s1. The largest absolute Gasteiger partial charge is 0.493 e. The van der Waals surface area contributed by atoms with Crippen molar-refractivity contribution in [3.63, 3.8) is 0 Å². The van der Waals surface area contributed by atoms with E-state index in [2.05, 4.69) is 9.62 Å². The first kappa shape index (κ1) is 36.3. The number of hydrogen-bond acceptors (Lipinski definition) is 10. The van der Waals surface area contributed by atoms with Gasteiger partial charge in [0, 0.05) is 42.7 Å². The van der Waals surface area contributed by atoms with E-state index < -0.39 is 27.6 Å². The van der Waals surface area contributed by atoms with Crippen molar-refractivity contribution in [3.05, 3.63) is 59.1 Å². The molecule has 4 aliphatic rings. The molecular formula is C36H46ClN3O9S. The van der Waals surface area contributed by atoms with E-state index >= 15 is 0 Å². The summed E-state index contributed by atoms with van der Waals surface area (Å²) >= 11 is 6.27. The number of amides is 2. The van der Waals surface area contributed by atoms with Crippen LogP contribution in [0.4, 0.5) is 10.5 Å². The van der Waals surface area contributed by atoms with E-state index in [-0.39, 0.29) is 42.1 Å². The number of ether oxygens (including phenoxy) is 5. The molecule has 0 spiro atoms. The maximum Gasteiger partial charge on any atom is 0.410 e. The maximum absolute atomic E-state index is 13.6. The van der Waals surface area contributed by atoms with Gasteiger partial charge in [-0.05, 0) is 88.8 Å². The van der Waals surface area contributed by atoms with Gasteiger partial charge in [-0.15, -0.1) is 0 Å². The molecule has 1 aliphatic carbocycles. The van der Waals surface area contributed by atoms with Gasteiger partial charge in [-0.1, -0.05) is 23.7 Å². The number of halogens is 1. The van der Waals surface area contributed by atoms with Crippen LogP contribution in [0.5, 0.6) is 11.5 Å². The zero-order valence-electron chi connectivity index (χ0n) is 28.8. The Kier molecular flexibility index (Phi) is 11.2. The lowest BCUT2D eigenvalue weighted by Crippen LogP contribution is -2.47. The predicted molar refractivity (Wildman–Crippen MR) is 187 cm³/mol. The van der Waals surface area contributed by atoms with Crippen LogP contribution in [0.15, 0.2) is 53.4 Å². The van der Waals surface area contributed by atoms with E-state index in [1.54, 1.807) is 35.2 Å². The second-order valence-electron chi connectivity index (χ2n) is 13.7. The number of rotatable bonds is 3. The average Bonchev–Trinajstić information content (AvgIpc) is 3.52. The molecule has 2 aromatic carbocycles. The summed E-state index contributed by atoms with van der Waals surface area (Å²) in [5.74, 6) is 0.425. The van der Waals surface area contributed by atoms with Gasteiger partial charge < -0.3 is 33.5 Å². The maximum atomic E-state index is 13.6. The van der Waals surface area contributed by atoms with Crippen molar-refractivity contribution in [2.45, 2.75) is 75.8 Å². The third kappa shape index (κ3) is 8.33. The molecule has 1 saturated heterocycles. The van der Waals surface area contributed by atoms with E-state index in [4.69, 9.17) is 35.3 Å². The Labute approximate surface area is 299 Å². The van der Waals surface area contributed by atoms with Crippen LogP contribution in [0.2, 0.25) is 5.02 Å². The molecule has 3 heterocycles. The van der Waals surface area contributed by atoms with E-state index in [9.17, 15) is 18.0 Å². The molecule has 2 amide bonds. The minimum Gasteiger partial charge on any atom is -0.493 e. The molecule has 0 unspecified atom stereocenters. The number of fused-ring (bicyclic) bond motifs is 3. The van der Waals surface area contributed by atoms with Crippen LogP contribution in [0.3, 0.4) is 0 Å². The summed E-state index contributed by atoms with van der Waals surface area (Å²) < 4.78 is 59.7. The highest BCUT2D eigenvalue weighted by Crippen LogP contribution is 2.42. The molecular weight excluding hydrogens is 686 g/mol. The third-order valence-corrected chi connectivity index (χ3v) is 11.4. The first-order valence-corrected chi connectivity index (χ1v) is 19.2. The van der Waals surface area contributed by atoms with Crippen molar-refractivity contribution in [2.75, 3.05) is 50.9 Å². The number of hydrogen-bond donors (Lipinski definition) is 1. The second kappa shape index (κ2) is 15.4. The number of likely N-dealkylation sites (tertiary alicyclic amines) is 1. The minimum atomic E-state index is -4.27. The van der Waals surface area contributed by atoms with Gasteiger partial charge >= 0.3 is 6.09 Å². The molecule has 272 valence electrons. The molecule has 0 aromatic heterocycles. The molecule has 14 heteroatoms. The van der Waals surface area contributed by atoms with E-state index in [1.165, 1.54) is 19.9 Å². The fourth-order valence-corrected chi connectivity index (χ4v) is 8.08. The molecule has 2 bridgehead atoms.